The van der Waals surface area contributed by atoms with Crippen LogP contribution in [0.1, 0.15) is 12.0 Å². The van der Waals surface area contributed by atoms with Crippen molar-refractivity contribution in [3.05, 3.63) is 77.3 Å². The fourth-order valence-electron chi connectivity index (χ4n) is 3.59. The average Bonchev–Trinajstić information content (AvgIpc) is 3.33. The minimum Gasteiger partial charge on any atom is -0.497 e. The van der Waals surface area contributed by atoms with Gasteiger partial charge in [-0.2, -0.15) is 0 Å². The number of carbonyl (C=O) groups is 1. The van der Waals surface area contributed by atoms with Gasteiger partial charge in [0, 0.05) is 11.3 Å². The number of ether oxygens (including phenoxy) is 3. The van der Waals surface area contributed by atoms with Crippen LogP contribution < -0.4 is 14.2 Å². The summed E-state index contributed by atoms with van der Waals surface area (Å²) in [6.07, 6.45) is 0.731. The van der Waals surface area contributed by atoms with E-state index in [1.165, 1.54) is 0 Å². The molecule has 0 aliphatic carbocycles. The Labute approximate surface area is 229 Å². The molecule has 192 valence electrons. The number of aliphatic carboxylic acids is 1. The second-order valence-electron chi connectivity index (χ2n) is 8.00. The highest BCUT2D eigenvalue weighted by molar-refractivity contribution is 8.01. The molecule has 0 unspecified atom stereocenters. The van der Waals surface area contributed by atoms with E-state index in [-0.39, 0.29) is 6.42 Å². The van der Waals surface area contributed by atoms with E-state index in [0.29, 0.717) is 22.9 Å². The number of carboxylic acid groups (broad SMARTS) is 1. The minimum atomic E-state index is -0.894. The lowest BCUT2D eigenvalue weighted by Crippen LogP contribution is -2.02. The molecule has 1 N–H and O–H groups in total. The van der Waals surface area contributed by atoms with Crippen LogP contribution >= 0.6 is 34.7 Å². The van der Waals surface area contributed by atoms with Gasteiger partial charge in [-0.25, -0.2) is 4.98 Å². The molecule has 3 aromatic carbocycles. The van der Waals surface area contributed by atoms with Gasteiger partial charge in [-0.15, -0.1) is 11.3 Å². The monoisotopic (exact) mass is 555 g/mol. The Morgan fingerprint density at radius 2 is 1.62 bits per heavy atom. The van der Waals surface area contributed by atoms with Gasteiger partial charge in [-0.05, 0) is 78.2 Å². The van der Waals surface area contributed by atoms with Crippen molar-refractivity contribution in [3.63, 3.8) is 0 Å². The zero-order chi connectivity index (χ0) is 26.2. The number of carboxylic acids is 1. The lowest BCUT2D eigenvalue weighted by molar-refractivity contribution is -0.136. The van der Waals surface area contributed by atoms with Gasteiger partial charge in [0.1, 0.15) is 17.2 Å². The van der Waals surface area contributed by atoms with Crippen molar-refractivity contribution in [2.75, 3.05) is 26.6 Å². The zero-order valence-electron chi connectivity index (χ0n) is 20.4. The largest absolute Gasteiger partial charge is 0.497 e. The average molecular weight is 556 g/mol. The van der Waals surface area contributed by atoms with E-state index in [0.717, 1.165) is 49.7 Å². The highest BCUT2D eigenvalue weighted by atomic mass is 35.5. The number of nitrogens with zero attached hydrogens (tertiary/aromatic N) is 1. The molecule has 4 rings (SSSR count). The van der Waals surface area contributed by atoms with E-state index in [9.17, 15) is 4.79 Å². The molecule has 0 fully saturated rings. The first-order valence-electron chi connectivity index (χ1n) is 11.5. The van der Waals surface area contributed by atoms with Gasteiger partial charge in [-0.1, -0.05) is 29.4 Å². The molecular formula is C28H26ClNO5S2. The van der Waals surface area contributed by atoms with Crippen LogP contribution in [0.25, 0.3) is 21.7 Å². The summed E-state index contributed by atoms with van der Waals surface area (Å²) in [6.45, 7) is 0.493. The summed E-state index contributed by atoms with van der Waals surface area (Å²) < 4.78 is 17.4. The van der Waals surface area contributed by atoms with Crippen molar-refractivity contribution >= 4 is 40.7 Å². The van der Waals surface area contributed by atoms with Gasteiger partial charge in [0.05, 0.1) is 42.8 Å². The quantitative estimate of drug-likeness (QED) is 0.145. The molecule has 0 radical (unpaired) electrons. The van der Waals surface area contributed by atoms with E-state index in [4.69, 9.17) is 35.9 Å². The Kier molecular flexibility index (Phi) is 9.33. The summed E-state index contributed by atoms with van der Waals surface area (Å²) in [4.78, 5) is 16.9. The third-order valence-corrected chi connectivity index (χ3v) is 8.08. The first-order chi connectivity index (χ1) is 18.0. The number of thioether (sulfide) groups is 1. The van der Waals surface area contributed by atoms with Crippen molar-refractivity contribution in [1.29, 1.82) is 0 Å². The predicted octanol–water partition coefficient (Wildman–Crippen LogP) is 7.34. The van der Waals surface area contributed by atoms with Crippen LogP contribution in [-0.2, 0) is 11.2 Å². The number of hydrogen-bond acceptors (Lipinski definition) is 7. The lowest BCUT2D eigenvalue weighted by Gasteiger charge is -2.08. The molecule has 0 saturated heterocycles. The number of aromatic nitrogens is 1. The summed E-state index contributed by atoms with van der Waals surface area (Å²) in [5.41, 5.74) is 3.69. The molecule has 0 spiro atoms. The fraction of sp³-hybridized carbons (Fsp3) is 0.214. The van der Waals surface area contributed by atoms with Crippen LogP contribution in [0.15, 0.2) is 71.1 Å². The molecule has 37 heavy (non-hydrogen) atoms. The minimum absolute atomic E-state index is 0.0680. The third kappa shape index (κ3) is 7.19. The van der Waals surface area contributed by atoms with Crippen molar-refractivity contribution in [1.82, 2.24) is 4.98 Å². The molecule has 1 heterocycles. The van der Waals surface area contributed by atoms with E-state index < -0.39 is 5.97 Å². The van der Waals surface area contributed by atoms with Crippen molar-refractivity contribution in [2.24, 2.45) is 0 Å². The Morgan fingerprint density at radius 1 is 0.973 bits per heavy atom. The van der Waals surface area contributed by atoms with Gasteiger partial charge in [0.2, 0.25) is 0 Å². The topological polar surface area (TPSA) is 77.9 Å². The van der Waals surface area contributed by atoms with E-state index in [1.807, 2.05) is 48.5 Å². The predicted molar refractivity (Wildman–Crippen MR) is 150 cm³/mol. The van der Waals surface area contributed by atoms with E-state index >= 15 is 0 Å². The van der Waals surface area contributed by atoms with Crippen LogP contribution in [0, 0.1) is 0 Å². The van der Waals surface area contributed by atoms with Crippen molar-refractivity contribution < 1.29 is 24.1 Å². The highest BCUT2D eigenvalue weighted by Crippen LogP contribution is 2.41. The van der Waals surface area contributed by atoms with Gasteiger partial charge >= 0.3 is 5.97 Å². The van der Waals surface area contributed by atoms with E-state index in [1.54, 1.807) is 55.5 Å². The number of thiazole rings is 1. The van der Waals surface area contributed by atoms with Crippen molar-refractivity contribution in [2.45, 2.75) is 17.2 Å². The van der Waals surface area contributed by atoms with Crippen LogP contribution in [0.4, 0.5) is 0 Å². The zero-order valence-corrected chi connectivity index (χ0v) is 22.8. The summed E-state index contributed by atoms with van der Waals surface area (Å²) in [5.74, 6) is 2.10. The maximum atomic E-state index is 10.9. The molecule has 1 aromatic heterocycles. The summed E-state index contributed by atoms with van der Waals surface area (Å²) in [6, 6.07) is 21.0. The number of halogens is 1. The standard InChI is InChI=1S/C28H26ClNO5S2/c1-33-21-9-5-19(6-10-21)26-27(20-7-11-22(34-2)12-8-20)37-28(30-26)36-15-3-14-35-24-13-4-18(16-23(24)29)17-25(31)32/h4-13,16H,3,14-15,17H2,1-2H3,(H,31,32). The van der Waals surface area contributed by atoms with Gasteiger partial charge < -0.3 is 19.3 Å². The molecule has 4 aromatic rings. The number of methoxy groups -OCH3 is 2. The Bertz CT molecular complexity index is 1270. The Hall–Kier alpha value is -3.20. The first kappa shape index (κ1) is 26.9. The maximum Gasteiger partial charge on any atom is 0.307 e. The summed E-state index contributed by atoms with van der Waals surface area (Å²) in [5, 5.41) is 9.34. The summed E-state index contributed by atoms with van der Waals surface area (Å²) in [7, 11) is 3.31. The maximum absolute atomic E-state index is 10.9. The van der Waals surface area contributed by atoms with Crippen LogP contribution in [-0.4, -0.2) is 42.6 Å². The molecule has 0 amide bonds. The third-order valence-electron chi connectivity index (χ3n) is 5.45. The fourth-order valence-corrected chi connectivity index (χ4v) is 6.00. The van der Waals surface area contributed by atoms with Crippen LogP contribution in [0.5, 0.6) is 17.2 Å². The summed E-state index contributed by atoms with van der Waals surface area (Å²) >= 11 is 9.60. The molecule has 0 bridgehead atoms. The van der Waals surface area contributed by atoms with Crippen LogP contribution in [0.3, 0.4) is 0 Å². The molecule has 6 nitrogen and oxygen atoms in total. The van der Waals surface area contributed by atoms with Gasteiger partial charge in [0.15, 0.2) is 4.34 Å². The normalized spacial score (nSPS) is 10.8. The number of rotatable bonds is 12. The Morgan fingerprint density at radius 3 is 2.22 bits per heavy atom. The molecule has 9 heteroatoms. The molecule has 0 atom stereocenters. The molecule has 0 aliphatic heterocycles. The Balaban J connectivity index is 1.41. The second kappa shape index (κ2) is 12.9. The van der Waals surface area contributed by atoms with Gasteiger partial charge in [0.25, 0.3) is 0 Å². The number of benzene rings is 3. The first-order valence-corrected chi connectivity index (χ1v) is 13.7. The highest BCUT2D eigenvalue weighted by Gasteiger charge is 2.16. The van der Waals surface area contributed by atoms with Crippen molar-refractivity contribution in [3.8, 4) is 38.9 Å². The van der Waals surface area contributed by atoms with Crippen LogP contribution in [0.2, 0.25) is 5.02 Å². The number of hydrogen-bond donors (Lipinski definition) is 1. The second-order valence-corrected chi connectivity index (χ2v) is 10.7. The molecule has 0 saturated carbocycles. The SMILES string of the molecule is COc1ccc(-c2nc(SCCCOc3ccc(CC(=O)O)cc3Cl)sc2-c2ccc(OC)cc2)cc1. The molecule has 0 aliphatic rings. The van der Waals surface area contributed by atoms with Gasteiger partial charge in [-0.3, -0.25) is 4.79 Å². The lowest BCUT2D eigenvalue weighted by atomic mass is 10.1. The van der Waals surface area contributed by atoms with E-state index in [2.05, 4.69) is 0 Å². The molecular weight excluding hydrogens is 530 g/mol. The smallest absolute Gasteiger partial charge is 0.307 e.